The van der Waals surface area contributed by atoms with Crippen LogP contribution < -0.4 is 19.1 Å². The molecule has 0 aliphatic carbocycles. The normalized spacial score (nSPS) is 15.4. The monoisotopic (exact) mass is 441 g/mol. The molecular formula is C20H25F2N3O4S. The van der Waals surface area contributed by atoms with Crippen molar-refractivity contribution in [2.75, 3.05) is 45.2 Å². The topological polar surface area (TPSA) is 71.1 Å². The number of piperazine rings is 1. The predicted octanol–water partition coefficient (Wildman–Crippen LogP) is 2.53. The fraction of sp³-hybridized carbons (Fsp3) is 0.400. The van der Waals surface area contributed by atoms with Gasteiger partial charge in [0.05, 0.1) is 17.7 Å². The molecule has 0 saturated carbocycles. The van der Waals surface area contributed by atoms with Crippen molar-refractivity contribution in [2.45, 2.75) is 18.1 Å². The Kier molecular flexibility index (Phi) is 7.11. The molecule has 1 fully saturated rings. The Labute approximate surface area is 175 Å². The Hall–Kier alpha value is -2.43. The van der Waals surface area contributed by atoms with Crippen molar-refractivity contribution in [1.82, 2.24) is 9.62 Å². The summed E-state index contributed by atoms with van der Waals surface area (Å²) >= 11 is 0. The van der Waals surface area contributed by atoms with Crippen LogP contribution in [-0.4, -0.2) is 60.3 Å². The van der Waals surface area contributed by atoms with Crippen LogP contribution in [0.5, 0.6) is 11.5 Å². The van der Waals surface area contributed by atoms with E-state index in [4.69, 9.17) is 4.74 Å². The van der Waals surface area contributed by atoms with Crippen LogP contribution in [0.3, 0.4) is 0 Å². The molecule has 1 heterocycles. The molecule has 10 heteroatoms. The van der Waals surface area contributed by atoms with E-state index in [1.165, 1.54) is 18.2 Å². The minimum absolute atomic E-state index is 0.0486. The van der Waals surface area contributed by atoms with Crippen molar-refractivity contribution in [3.8, 4) is 11.5 Å². The van der Waals surface area contributed by atoms with E-state index < -0.39 is 16.6 Å². The van der Waals surface area contributed by atoms with Gasteiger partial charge in [-0.1, -0.05) is 12.1 Å². The molecule has 1 N–H and O–H groups in total. The van der Waals surface area contributed by atoms with Crippen LogP contribution >= 0.6 is 0 Å². The van der Waals surface area contributed by atoms with Gasteiger partial charge in [0.25, 0.3) is 0 Å². The van der Waals surface area contributed by atoms with E-state index in [1.807, 2.05) is 12.1 Å². The lowest BCUT2D eigenvalue weighted by Crippen LogP contribution is -2.44. The Morgan fingerprint density at radius 1 is 1.10 bits per heavy atom. The number of alkyl halides is 2. The quantitative estimate of drug-likeness (QED) is 0.679. The molecule has 1 saturated heterocycles. The van der Waals surface area contributed by atoms with Gasteiger partial charge >= 0.3 is 6.61 Å². The Morgan fingerprint density at radius 2 is 1.83 bits per heavy atom. The zero-order valence-corrected chi connectivity index (χ0v) is 17.7. The summed E-state index contributed by atoms with van der Waals surface area (Å²) in [6.07, 6.45) is 0. The lowest BCUT2D eigenvalue weighted by Gasteiger charge is -2.35. The number of hydrogen-bond acceptors (Lipinski definition) is 6. The van der Waals surface area contributed by atoms with E-state index in [0.717, 1.165) is 49.2 Å². The highest BCUT2D eigenvalue weighted by Gasteiger charge is 2.19. The van der Waals surface area contributed by atoms with Gasteiger partial charge in [-0.25, -0.2) is 13.1 Å². The second-order valence-corrected chi connectivity index (χ2v) is 8.74. The number of sulfonamides is 1. The minimum atomic E-state index is -3.90. The molecule has 0 aromatic heterocycles. The smallest absolute Gasteiger partial charge is 0.387 e. The Bertz CT molecular complexity index is 964. The predicted molar refractivity (Wildman–Crippen MR) is 110 cm³/mol. The summed E-state index contributed by atoms with van der Waals surface area (Å²) in [6.45, 7) is 0.571. The van der Waals surface area contributed by atoms with Gasteiger partial charge in [-0.05, 0) is 36.9 Å². The molecule has 0 atom stereocenters. The largest absolute Gasteiger partial charge is 0.495 e. The number of benzene rings is 2. The maximum atomic E-state index is 12.6. The third kappa shape index (κ3) is 5.59. The highest BCUT2D eigenvalue weighted by Crippen LogP contribution is 2.30. The van der Waals surface area contributed by atoms with E-state index >= 15 is 0 Å². The van der Waals surface area contributed by atoms with Gasteiger partial charge in [0.15, 0.2) is 0 Å². The highest BCUT2D eigenvalue weighted by atomic mass is 32.2. The van der Waals surface area contributed by atoms with E-state index in [-0.39, 0.29) is 17.2 Å². The molecule has 30 heavy (non-hydrogen) atoms. The average Bonchev–Trinajstić information content (AvgIpc) is 2.72. The molecule has 7 nitrogen and oxygen atoms in total. The van der Waals surface area contributed by atoms with Crippen LogP contribution in [0.15, 0.2) is 47.4 Å². The number of methoxy groups -OCH3 is 1. The summed E-state index contributed by atoms with van der Waals surface area (Å²) in [5, 5.41) is 0. The summed E-state index contributed by atoms with van der Waals surface area (Å²) in [6, 6.07) is 10.5. The summed E-state index contributed by atoms with van der Waals surface area (Å²) in [5.74, 6) is 0.512. The fourth-order valence-electron chi connectivity index (χ4n) is 3.22. The number of hydrogen-bond donors (Lipinski definition) is 1. The lowest BCUT2D eigenvalue weighted by molar-refractivity contribution is -0.0499. The van der Waals surface area contributed by atoms with Gasteiger partial charge in [0.2, 0.25) is 10.0 Å². The number of nitrogens with one attached hydrogen (secondary N) is 1. The van der Waals surface area contributed by atoms with E-state index in [2.05, 4.69) is 26.3 Å². The van der Waals surface area contributed by atoms with Gasteiger partial charge in [-0.2, -0.15) is 8.78 Å². The molecule has 3 rings (SSSR count). The van der Waals surface area contributed by atoms with E-state index in [1.54, 1.807) is 13.2 Å². The van der Waals surface area contributed by atoms with Crippen LogP contribution in [0.25, 0.3) is 0 Å². The van der Waals surface area contributed by atoms with Gasteiger partial charge in [0, 0.05) is 38.8 Å². The molecule has 0 radical (unpaired) electrons. The molecule has 0 unspecified atom stereocenters. The zero-order valence-electron chi connectivity index (χ0n) is 16.8. The van der Waals surface area contributed by atoms with Crippen molar-refractivity contribution in [3.63, 3.8) is 0 Å². The van der Waals surface area contributed by atoms with Crippen molar-refractivity contribution in [1.29, 1.82) is 0 Å². The number of ether oxygens (including phenoxy) is 2. The second-order valence-electron chi connectivity index (χ2n) is 6.97. The van der Waals surface area contributed by atoms with Crippen LogP contribution in [0.4, 0.5) is 14.5 Å². The maximum absolute atomic E-state index is 12.6. The first-order chi connectivity index (χ1) is 14.3. The average molecular weight is 442 g/mol. The number of anilines is 1. The standard InChI is InChI=1S/C20H25F2N3O4S/c1-24-8-10-25(11-9-24)18-12-15(6-7-19(18)28-2)14-23-30(26,27)17-5-3-4-16(13-17)29-20(21)22/h3-7,12-13,20,23H,8-11,14H2,1-2H3. The molecule has 1 aliphatic heterocycles. The molecule has 1 aliphatic rings. The first-order valence-corrected chi connectivity index (χ1v) is 10.9. The second kappa shape index (κ2) is 9.59. The Balaban J connectivity index is 1.74. The van der Waals surface area contributed by atoms with Crippen LogP contribution in [-0.2, 0) is 16.6 Å². The first-order valence-electron chi connectivity index (χ1n) is 9.43. The summed E-state index contributed by atoms with van der Waals surface area (Å²) < 4.78 is 62.2. The molecule has 0 amide bonds. The van der Waals surface area contributed by atoms with E-state index in [0.29, 0.717) is 0 Å². The number of nitrogens with zero attached hydrogens (tertiary/aromatic N) is 2. The summed E-state index contributed by atoms with van der Waals surface area (Å²) in [4.78, 5) is 4.31. The molecule has 2 aromatic rings. The van der Waals surface area contributed by atoms with Gasteiger partial charge < -0.3 is 19.3 Å². The van der Waals surface area contributed by atoms with Crippen molar-refractivity contribution < 1.29 is 26.7 Å². The number of halogens is 2. The van der Waals surface area contributed by atoms with Crippen LogP contribution in [0.1, 0.15) is 5.56 Å². The number of likely N-dealkylation sites (N-methyl/N-ethyl adjacent to an activating group) is 1. The molecule has 2 aromatic carbocycles. The summed E-state index contributed by atoms with van der Waals surface area (Å²) in [7, 11) is -0.230. The van der Waals surface area contributed by atoms with E-state index in [9.17, 15) is 17.2 Å². The fourth-order valence-corrected chi connectivity index (χ4v) is 4.27. The minimum Gasteiger partial charge on any atom is -0.495 e. The van der Waals surface area contributed by atoms with Gasteiger partial charge in [-0.15, -0.1) is 0 Å². The third-order valence-electron chi connectivity index (χ3n) is 4.89. The van der Waals surface area contributed by atoms with Crippen molar-refractivity contribution in [3.05, 3.63) is 48.0 Å². The molecule has 164 valence electrons. The van der Waals surface area contributed by atoms with Crippen LogP contribution in [0.2, 0.25) is 0 Å². The lowest BCUT2D eigenvalue weighted by atomic mass is 10.1. The third-order valence-corrected chi connectivity index (χ3v) is 6.29. The first kappa shape index (κ1) is 22.3. The molecule has 0 spiro atoms. The maximum Gasteiger partial charge on any atom is 0.387 e. The highest BCUT2D eigenvalue weighted by molar-refractivity contribution is 7.89. The molecule has 0 bridgehead atoms. The van der Waals surface area contributed by atoms with Crippen molar-refractivity contribution >= 4 is 15.7 Å². The summed E-state index contributed by atoms with van der Waals surface area (Å²) in [5.41, 5.74) is 1.67. The zero-order chi connectivity index (χ0) is 21.7. The van der Waals surface area contributed by atoms with Crippen molar-refractivity contribution in [2.24, 2.45) is 0 Å². The van der Waals surface area contributed by atoms with Gasteiger partial charge in [0.1, 0.15) is 11.5 Å². The molecular weight excluding hydrogens is 416 g/mol. The Morgan fingerprint density at radius 3 is 2.50 bits per heavy atom. The number of rotatable bonds is 8. The van der Waals surface area contributed by atoms with Gasteiger partial charge in [-0.3, -0.25) is 0 Å². The van der Waals surface area contributed by atoms with Crippen LogP contribution in [0, 0.1) is 0 Å². The SMILES string of the molecule is COc1ccc(CNS(=O)(=O)c2cccc(OC(F)F)c2)cc1N1CCN(C)CC1.